The van der Waals surface area contributed by atoms with Crippen molar-refractivity contribution in [3.63, 3.8) is 0 Å². The summed E-state index contributed by atoms with van der Waals surface area (Å²) < 4.78 is 4.67. The molecule has 0 unspecified atom stereocenters. The molecular weight excluding hydrogens is 326 g/mol. The summed E-state index contributed by atoms with van der Waals surface area (Å²) in [6.45, 7) is 0. The Morgan fingerprint density at radius 1 is 1.21 bits per heavy atom. The van der Waals surface area contributed by atoms with Crippen molar-refractivity contribution < 1.29 is 14.3 Å². The molecule has 0 aliphatic heterocycles. The maximum absolute atomic E-state index is 11.4. The second kappa shape index (κ2) is 6.76. The first-order valence-electron chi connectivity index (χ1n) is 7.17. The Kier molecular flexibility index (Phi) is 4.52. The van der Waals surface area contributed by atoms with Crippen LogP contribution in [-0.2, 0) is 10.5 Å². The van der Waals surface area contributed by atoms with E-state index in [1.165, 1.54) is 18.9 Å². The fourth-order valence-electron chi connectivity index (χ4n) is 2.28. The standard InChI is InChI=1S/C17H15N3O3S/c1-23-16(22)11-7-5-10(6-8-11)9-24-17-19-13-4-2-3-12(15(18)21)14(13)20-17/h2-8H,9H2,1H3,(H2,18,21)(H,19,20). The number of aromatic nitrogens is 2. The molecule has 0 saturated carbocycles. The molecule has 0 fully saturated rings. The van der Waals surface area contributed by atoms with Gasteiger partial charge in [-0.25, -0.2) is 9.78 Å². The van der Waals surface area contributed by atoms with Crippen molar-refractivity contribution >= 4 is 34.7 Å². The Morgan fingerprint density at radius 3 is 2.62 bits per heavy atom. The summed E-state index contributed by atoms with van der Waals surface area (Å²) in [4.78, 5) is 30.5. The molecule has 0 aliphatic carbocycles. The monoisotopic (exact) mass is 341 g/mol. The second-order valence-corrected chi connectivity index (χ2v) is 6.05. The molecule has 122 valence electrons. The van der Waals surface area contributed by atoms with Crippen molar-refractivity contribution in [2.45, 2.75) is 10.9 Å². The topological polar surface area (TPSA) is 98.1 Å². The van der Waals surface area contributed by atoms with Gasteiger partial charge in [-0.15, -0.1) is 0 Å². The second-order valence-electron chi connectivity index (χ2n) is 5.09. The predicted molar refractivity (Wildman–Crippen MR) is 92.0 cm³/mol. The van der Waals surface area contributed by atoms with Gasteiger partial charge in [0.15, 0.2) is 5.16 Å². The van der Waals surface area contributed by atoms with E-state index in [0.717, 1.165) is 11.1 Å². The largest absolute Gasteiger partial charge is 0.465 e. The highest BCUT2D eigenvalue weighted by Crippen LogP contribution is 2.25. The third-order valence-corrected chi connectivity index (χ3v) is 4.45. The van der Waals surface area contributed by atoms with Gasteiger partial charge in [-0.1, -0.05) is 30.0 Å². The molecule has 0 saturated heterocycles. The molecule has 0 atom stereocenters. The number of carbonyl (C=O) groups is 2. The summed E-state index contributed by atoms with van der Waals surface area (Å²) in [6.07, 6.45) is 0. The van der Waals surface area contributed by atoms with E-state index in [-0.39, 0.29) is 5.97 Å². The lowest BCUT2D eigenvalue weighted by Gasteiger charge is -2.02. The van der Waals surface area contributed by atoms with Crippen molar-refractivity contribution in [2.24, 2.45) is 5.73 Å². The quantitative estimate of drug-likeness (QED) is 0.549. The Morgan fingerprint density at radius 2 is 1.96 bits per heavy atom. The molecule has 2 aromatic carbocycles. The van der Waals surface area contributed by atoms with E-state index in [9.17, 15) is 9.59 Å². The molecular formula is C17H15N3O3S. The number of aromatic amines is 1. The first-order chi connectivity index (χ1) is 11.6. The molecule has 7 heteroatoms. The Balaban J connectivity index is 1.75. The van der Waals surface area contributed by atoms with Gasteiger partial charge in [-0.05, 0) is 29.8 Å². The van der Waals surface area contributed by atoms with Crippen molar-refractivity contribution in [3.05, 3.63) is 59.2 Å². The number of nitrogens with two attached hydrogens (primary N) is 1. The molecule has 1 aromatic heterocycles. The number of methoxy groups -OCH3 is 1. The number of ether oxygens (including phenoxy) is 1. The van der Waals surface area contributed by atoms with Gasteiger partial charge in [-0.3, -0.25) is 4.79 Å². The molecule has 1 heterocycles. The Labute approximate surface area is 142 Å². The van der Waals surface area contributed by atoms with E-state index in [4.69, 9.17) is 5.73 Å². The van der Waals surface area contributed by atoms with Crippen LogP contribution in [0.4, 0.5) is 0 Å². The van der Waals surface area contributed by atoms with Gasteiger partial charge in [0.1, 0.15) is 5.52 Å². The number of nitrogens with one attached hydrogen (secondary N) is 1. The zero-order chi connectivity index (χ0) is 17.1. The summed E-state index contributed by atoms with van der Waals surface area (Å²) in [5, 5.41) is 0.704. The van der Waals surface area contributed by atoms with Crippen molar-refractivity contribution in [1.29, 1.82) is 0 Å². The number of para-hydroxylation sites is 1. The molecule has 0 bridgehead atoms. The SMILES string of the molecule is COC(=O)c1ccc(CSc2nc3c(C(N)=O)cccc3[nH]2)cc1. The van der Waals surface area contributed by atoms with E-state index in [2.05, 4.69) is 14.7 Å². The highest BCUT2D eigenvalue weighted by molar-refractivity contribution is 7.98. The number of carbonyl (C=O) groups excluding carboxylic acids is 2. The van der Waals surface area contributed by atoms with Gasteiger partial charge in [0, 0.05) is 5.75 Å². The molecule has 0 aliphatic rings. The first-order valence-corrected chi connectivity index (χ1v) is 8.15. The maximum atomic E-state index is 11.4. The smallest absolute Gasteiger partial charge is 0.337 e. The van der Waals surface area contributed by atoms with Crippen LogP contribution < -0.4 is 5.73 Å². The normalized spacial score (nSPS) is 10.7. The lowest BCUT2D eigenvalue weighted by molar-refractivity contribution is 0.0600. The minimum atomic E-state index is -0.498. The van der Waals surface area contributed by atoms with E-state index in [1.54, 1.807) is 24.3 Å². The minimum Gasteiger partial charge on any atom is -0.465 e. The number of hydrogen-bond donors (Lipinski definition) is 2. The fraction of sp³-hybridized carbons (Fsp3) is 0.118. The average Bonchev–Trinajstić information content (AvgIpc) is 3.02. The van der Waals surface area contributed by atoms with Gasteiger partial charge in [0.2, 0.25) is 0 Å². The van der Waals surface area contributed by atoms with Gasteiger partial charge in [-0.2, -0.15) is 0 Å². The van der Waals surface area contributed by atoms with Crippen LogP contribution in [0.15, 0.2) is 47.6 Å². The summed E-state index contributed by atoms with van der Waals surface area (Å²) in [6, 6.07) is 12.5. The van der Waals surface area contributed by atoms with E-state index < -0.39 is 5.91 Å². The summed E-state index contributed by atoms with van der Waals surface area (Å²) >= 11 is 1.50. The molecule has 3 aromatic rings. The summed E-state index contributed by atoms with van der Waals surface area (Å²) in [7, 11) is 1.36. The van der Waals surface area contributed by atoms with Crippen LogP contribution in [0, 0.1) is 0 Å². The van der Waals surface area contributed by atoms with E-state index >= 15 is 0 Å². The lowest BCUT2D eigenvalue weighted by atomic mass is 10.1. The number of H-pyrrole nitrogens is 1. The van der Waals surface area contributed by atoms with Crippen LogP contribution in [0.5, 0.6) is 0 Å². The van der Waals surface area contributed by atoms with Crippen LogP contribution >= 0.6 is 11.8 Å². The minimum absolute atomic E-state index is 0.356. The lowest BCUT2D eigenvalue weighted by Crippen LogP contribution is -2.11. The van der Waals surface area contributed by atoms with Crippen LogP contribution in [0.3, 0.4) is 0 Å². The molecule has 1 amide bonds. The van der Waals surface area contributed by atoms with Crippen LogP contribution in [0.1, 0.15) is 26.3 Å². The summed E-state index contributed by atoms with van der Waals surface area (Å²) in [5.41, 5.74) is 8.68. The molecule has 6 nitrogen and oxygen atoms in total. The Bertz CT molecular complexity index is 903. The van der Waals surface area contributed by atoms with Crippen LogP contribution in [0.2, 0.25) is 0 Å². The molecule has 24 heavy (non-hydrogen) atoms. The van der Waals surface area contributed by atoms with E-state index in [0.29, 0.717) is 27.6 Å². The Hall–Kier alpha value is -2.80. The number of primary amides is 1. The zero-order valence-corrected chi connectivity index (χ0v) is 13.7. The highest BCUT2D eigenvalue weighted by atomic mass is 32.2. The zero-order valence-electron chi connectivity index (χ0n) is 12.9. The van der Waals surface area contributed by atoms with Gasteiger partial charge >= 0.3 is 5.97 Å². The van der Waals surface area contributed by atoms with Crippen molar-refractivity contribution in [2.75, 3.05) is 7.11 Å². The van der Waals surface area contributed by atoms with E-state index in [1.807, 2.05) is 18.2 Å². The highest BCUT2D eigenvalue weighted by Gasteiger charge is 2.11. The molecule has 0 spiro atoms. The van der Waals surface area contributed by atoms with Gasteiger partial charge < -0.3 is 15.5 Å². The molecule has 3 N–H and O–H groups in total. The number of nitrogens with zero attached hydrogens (tertiary/aromatic N) is 1. The number of rotatable bonds is 5. The third-order valence-electron chi connectivity index (χ3n) is 3.51. The molecule has 3 rings (SSSR count). The number of thioether (sulfide) groups is 1. The van der Waals surface area contributed by atoms with Crippen molar-refractivity contribution in [3.8, 4) is 0 Å². The molecule has 0 radical (unpaired) electrons. The summed E-state index contributed by atoms with van der Waals surface area (Å²) in [5.74, 6) is -0.180. The number of amides is 1. The first kappa shape index (κ1) is 16.1. The van der Waals surface area contributed by atoms with Crippen LogP contribution in [0.25, 0.3) is 11.0 Å². The third kappa shape index (κ3) is 3.26. The van der Waals surface area contributed by atoms with Crippen molar-refractivity contribution in [1.82, 2.24) is 9.97 Å². The fourth-order valence-corrected chi connectivity index (χ4v) is 3.12. The predicted octanol–water partition coefficient (Wildman–Crippen LogP) is 2.74. The number of esters is 1. The average molecular weight is 341 g/mol. The van der Waals surface area contributed by atoms with Crippen LogP contribution in [-0.4, -0.2) is 29.0 Å². The number of hydrogen-bond acceptors (Lipinski definition) is 5. The number of fused-ring (bicyclic) bond motifs is 1. The maximum Gasteiger partial charge on any atom is 0.337 e. The number of imidazole rings is 1. The number of benzene rings is 2. The van der Waals surface area contributed by atoms with Gasteiger partial charge in [0.25, 0.3) is 5.91 Å². The van der Waals surface area contributed by atoms with Gasteiger partial charge in [0.05, 0.1) is 23.8 Å².